The fourth-order valence-electron chi connectivity index (χ4n) is 4.41. The van der Waals surface area contributed by atoms with E-state index in [1.807, 2.05) is 6.07 Å². The van der Waals surface area contributed by atoms with E-state index in [1.165, 1.54) is 46.8 Å². The minimum absolute atomic E-state index is 0.481. The monoisotopic (exact) mass is 343 g/mol. The van der Waals surface area contributed by atoms with E-state index < -0.39 is 0 Å². The van der Waals surface area contributed by atoms with Crippen molar-refractivity contribution in [2.24, 2.45) is 5.92 Å². The molecular formula is C23H23N2O+. The number of H-pyrrole nitrogens is 1. The topological polar surface area (TPSA) is 39.3 Å². The molecule has 26 heavy (non-hydrogen) atoms. The molecule has 1 fully saturated rings. The molecule has 0 radical (unpaired) electrons. The minimum Gasteiger partial charge on any atom is -0.469 e. The van der Waals surface area contributed by atoms with Crippen molar-refractivity contribution in [3.05, 3.63) is 72.7 Å². The summed E-state index contributed by atoms with van der Waals surface area (Å²) >= 11 is 0. The van der Waals surface area contributed by atoms with Crippen molar-refractivity contribution >= 4 is 27.5 Å². The molecule has 4 aromatic rings. The van der Waals surface area contributed by atoms with E-state index in [9.17, 15) is 0 Å². The number of benzene rings is 2. The molecule has 1 aliphatic carbocycles. The highest BCUT2D eigenvalue weighted by molar-refractivity contribution is 6.04. The summed E-state index contributed by atoms with van der Waals surface area (Å²) in [5.74, 6) is 1.71. The summed E-state index contributed by atoms with van der Waals surface area (Å²) in [6.07, 6.45) is 6.54. The van der Waals surface area contributed by atoms with Crippen LogP contribution in [0.5, 0.6) is 0 Å². The van der Waals surface area contributed by atoms with Crippen LogP contribution >= 0.6 is 0 Å². The largest absolute Gasteiger partial charge is 0.469 e. The van der Waals surface area contributed by atoms with Crippen LogP contribution < -0.4 is 10.3 Å². The number of fused-ring (bicyclic) bond motifs is 2. The van der Waals surface area contributed by atoms with Crippen molar-refractivity contribution in [2.45, 2.75) is 31.7 Å². The minimum atomic E-state index is 0.481. The van der Waals surface area contributed by atoms with Gasteiger partial charge < -0.3 is 9.73 Å². The molecule has 3 heteroatoms. The van der Waals surface area contributed by atoms with E-state index in [0.29, 0.717) is 12.0 Å². The van der Waals surface area contributed by atoms with Gasteiger partial charge in [0.2, 0.25) is 11.0 Å². The lowest BCUT2D eigenvalue weighted by molar-refractivity contribution is -0.310. The van der Waals surface area contributed by atoms with Gasteiger partial charge in [-0.2, -0.15) is 0 Å². The summed E-state index contributed by atoms with van der Waals surface area (Å²) in [6, 6.07) is 21.7. The Bertz CT molecular complexity index is 985. The maximum Gasteiger partial charge on any atom is 0.213 e. The van der Waals surface area contributed by atoms with Gasteiger partial charge in [0.25, 0.3) is 0 Å². The first-order valence-corrected chi connectivity index (χ1v) is 9.50. The third kappa shape index (κ3) is 2.74. The van der Waals surface area contributed by atoms with Crippen LogP contribution in [0.3, 0.4) is 0 Å². The van der Waals surface area contributed by atoms with E-state index in [4.69, 9.17) is 4.42 Å². The first-order valence-electron chi connectivity index (χ1n) is 9.50. The number of hydrogen-bond donors (Lipinski definition) is 1. The maximum atomic E-state index is 5.60. The normalized spacial score (nSPS) is 20.0. The molecule has 0 amide bonds. The number of hydrogen-bond acceptors (Lipinski definition) is 2. The summed E-state index contributed by atoms with van der Waals surface area (Å²) in [5.41, 5.74) is 3.61. The van der Waals surface area contributed by atoms with Crippen molar-refractivity contribution in [3.63, 3.8) is 0 Å². The van der Waals surface area contributed by atoms with E-state index >= 15 is 0 Å². The van der Waals surface area contributed by atoms with E-state index in [2.05, 4.69) is 64.9 Å². The third-order valence-electron chi connectivity index (χ3n) is 5.69. The average molecular weight is 343 g/mol. The van der Waals surface area contributed by atoms with Gasteiger partial charge in [0.15, 0.2) is 0 Å². The second kappa shape index (κ2) is 6.49. The van der Waals surface area contributed by atoms with Gasteiger partial charge in [-0.25, -0.2) is 4.98 Å². The molecule has 1 aliphatic rings. The van der Waals surface area contributed by atoms with Gasteiger partial charge in [0, 0.05) is 24.6 Å². The molecule has 2 aromatic heterocycles. The number of nitrogens with one attached hydrogen (secondary N) is 2. The van der Waals surface area contributed by atoms with Gasteiger partial charge in [0.1, 0.15) is 5.76 Å². The Balaban J connectivity index is 1.55. The first-order chi connectivity index (χ1) is 12.9. The molecule has 2 atom stereocenters. The Hall–Kier alpha value is -2.81. The van der Waals surface area contributed by atoms with E-state index in [-0.39, 0.29) is 0 Å². The first kappa shape index (κ1) is 15.4. The predicted molar refractivity (Wildman–Crippen MR) is 105 cm³/mol. The highest BCUT2D eigenvalue weighted by atomic mass is 16.3. The predicted octanol–water partition coefficient (Wildman–Crippen LogP) is 5.22. The SMILES string of the molecule is c1coc(C[C@H]2CCC[C@@H]2Nc2c3ccccc3[nH+]c3ccccc23)c1. The zero-order valence-electron chi connectivity index (χ0n) is 14.7. The molecule has 130 valence electrons. The summed E-state index contributed by atoms with van der Waals surface area (Å²) in [5, 5.41) is 6.45. The number of pyridine rings is 1. The zero-order chi connectivity index (χ0) is 17.3. The molecule has 5 rings (SSSR count). The number of para-hydroxylation sites is 2. The van der Waals surface area contributed by atoms with Crippen LogP contribution in [0.4, 0.5) is 5.69 Å². The molecule has 0 unspecified atom stereocenters. The van der Waals surface area contributed by atoms with Crippen molar-refractivity contribution in [1.82, 2.24) is 0 Å². The molecule has 0 bridgehead atoms. The van der Waals surface area contributed by atoms with Crippen molar-refractivity contribution in [1.29, 1.82) is 0 Å². The lowest BCUT2D eigenvalue weighted by atomic mass is 9.97. The lowest BCUT2D eigenvalue weighted by Crippen LogP contribution is -2.26. The van der Waals surface area contributed by atoms with Crippen LogP contribution in [0.2, 0.25) is 0 Å². The maximum absolute atomic E-state index is 5.60. The molecule has 0 spiro atoms. The molecule has 2 N–H and O–H groups in total. The molecule has 0 saturated heterocycles. The Morgan fingerprint density at radius 2 is 1.62 bits per heavy atom. The fraction of sp³-hybridized carbons (Fsp3) is 0.261. The van der Waals surface area contributed by atoms with Crippen molar-refractivity contribution < 1.29 is 9.40 Å². The van der Waals surface area contributed by atoms with Crippen molar-refractivity contribution in [3.8, 4) is 0 Å². The van der Waals surface area contributed by atoms with Gasteiger partial charge in [-0.15, -0.1) is 0 Å². The number of aromatic nitrogens is 1. The van der Waals surface area contributed by atoms with Crippen LogP contribution in [-0.2, 0) is 6.42 Å². The average Bonchev–Trinajstić information content (AvgIpc) is 3.34. The van der Waals surface area contributed by atoms with Gasteiger partial charge in [-0.05, 0) is 43.0 Å². The zero-order valence-corrected chi connectivity index (χ0v) is 14.7. The number of furan rings is 1. The second-order valence-corrected chi connectivity index (χ2v) is 7.32. The number of rotatable bonds is 4. The van der Waals surface area contributed by atoms with Crippen molar-refractivity contribution in [2.75, 3.05) is 5.32 Å². The Morgan fingerprint density at radius 1 is 0.885 bits per heavy atom. The summed E-state index contributed by atoms with van der Waals surface area (Å²) in [7, 11) is 0. The summed E-state index contributed by atoms with van der Waals surface area (Å²) < 4.78 is 5.60. The van der Waals surface area contributed by atoms with Gasteiger partial charge >= 0.3 is 0 Å². The standard InChI is InChI=1S/C23H22N2O/c1-3-11-21-18(9-1)23(19-10-2-4-12-22(19)24-21)25-20-13-5-7-16(20)15-17-8-6-14-26-17/h1-4,6,8-12,14,16,20H,5,7,13,15H2,(H,24,25)/p+1/t16-,20+/m1/s1. The van der Waals surface area contributed by atoms with Crippen LogP contribution in [0.25, 0.3) is 21.8 Å². The molecule has 2 aromatic carbocycles. The smallest absolute Gasteiger partial charge is 0.213 e. The van der Waals surface area contributed by atoms with Gasteiger partial charge in [0.05, 0.1) is 22.7 Å². The van der Waals surface area contributed by atoms with Gasteiger partial charge in [-0.1, -0.05) is 30.7 Å². The Morgan fingerprint density at radius 3 is 2.31 bits per heavy atom. The van der Waals surface area contributed by atoms with E-state index in [0.717, 1.165) is 12.2 Å². The molecule has 3 nitrogen and oxygen atoms in total. The lowest BCUT2D eigenvalue weighted by Gasteiger charge is -2.22. The van der Waals surface area contributed by atoms with Gasteiger partial charge in [-0.3, -0.25) is 0 Å². The Kier molecular flexibility index (Phi) is 3.85. The summed E-state index contributed by atoms with van der Waals surface area (Å²) in [6.45, 7) is 0. The third-order valence-corrected chi connectivity index (χ3v) is 5.69. The highest BCUT2D eigenvalue weighted by Crippen LogP contribution is 2.35. The second-order valence-electron chi connectivity index (χ2n) is 7.32. The van der Waals surface area contributed by atoms with Crippen LogP contribution in [-0.4, -0.2) is 6.04 Å². The van der Waals surface area contributed by atoms with Crippen LogP contribution in [0, 0.1) is 5.92 Å². The quantitative estimate of drug-likeness (QED) is 0.516. The molecular weight excluding hydrogens is 320 g/mol. The Labute approximate surface area is 153 Å². The highest BCUT2D eigenvalue weighted by Gasteiger charge is 2.29. The number of anilines is 1. The van der Waals surface area contributed by atoms with Crippen LogP contribution in [0.15, 0.2) is 71.3 Å². The number of aromatic amines is 1. The molecule has 0 aliphatic heterocycles. The summed E-state index contributed by atoms with van der Waals surface area (Å²) in [4.78, 5) is 3.57. The fourth-order valence-corrected chi connectivity index (χ4v) is 4.41. The van der Waals surface area contributed by atoms with Crippen LogP contribution in [0.1, 0.15) is 25.0 Å². The molecule has 1 saturated carbocycles. The molecule has 2 heterocycles. The van der Waals surface area contributed by atoms with E-state index in [1.54, 1.807) is 6.26 Å².